The molecule has 1 aliphatic heterocycles. The fourth-order valence-corrected chi connectivity index (χ4v) is 2.38. The van der Waals surface area contributed by atoms with E-state index in [9.17, 15) is 0 Å². The molecule has 0 spiro atoms. The normalized spacial score (nSPS) is 14.0. The number of rotatable bonds is 2. The third-order valence-electron chi connectivity index (χ3n) is 2.92. The van der Waals surface area contributed by atoms with Crippen LogP contribution >= 0.6 is 15.9 Å². The van der Waals surface area contributed by atoms with E-state index in [2.05, 4.69) is 36.3 Å². The van der Waals surface area contributed by atoms with Crippen LogP contribution in [0.5, 0.6) is 0 Å². The third-order valence-corrected chi connectivity index (χ3v) is 3.36. The maximum absolute atomic E-state index is 5.53. The molecule has 0 fully saturated rings. The van der Waals surface area contributed by atoms with Crippen molar-refractivity contribution in [3.8, 4) is 11.4 Å². The highest BCUT2D eigenvalue weighted by Crippen LogP contribution is 2.26. The van der Waals surface area contributed by atoms with Gasteiger partial charge in [-0.25, -0.2) is 15.8 Å². The van der Waals surface area contributed by atoms with Crippen LogP contribution in [0.1, 0.15) is 11.3 Å². The van der Waals surface area contributed by atoms with Gasteiger partial charge in [0.1, 0.15) is 5.82 Å². The van der Waals surface area contributed by atoms with Crippen LogP contribution in [0.15, 0.2) is 22.9 Å². The Kier molecular flexibility index (Phi) is 3.41. The van der Waals surface area contributed by atoms with E-state index in [-0.39, 0.29) is 0 Å². The van der Waals surface area contributed by atoms with Gasteiger partial charge in [0, 0.05) is 34.4 Å². The first kappa shape index (κ1) is 12.5. The van der Waals surface area contributed by atoms with Crippen molar-refractivity contribution in [2.75, 3.05) is 12.0 Å². The summed E-state index contributed by atoms with van der Waals surface area (Å²) < 4.78 is 6.29. The van der Waals surface area contributed by atoms with Gasteiger partial charge in [-0.2, -0.15) is 0 Å². The van der Waals surface area contributed by atoms with E-state index in [0.29, 0.717) is 24.9 Å². The van der Waals surface area contributed by atoms with Crippen LogP contribution in [0.3, 0.4) is 0 Å². The van der Waals surface area contributed by atoms with Gasteiger partial charge in [0.05, 0.1) is 18.9 Å². The van der Waals surface area contributed by atoms with Crippen LogP contribution < -0.4 is 11.3 Å². The molecule has 2 aromatic heterocycles. The number of nitrogens with two attached hydrogens (primary N) is 1. The lowest BCUT2D eigenvalue weighted by atomic mass is 10.1. The highest BCUT2D eigenvalue weighted by molar-refractivity contribution is 9.10. The van der Waals surface area contributed by atoms with Gasteiger partial charge < -0.3 is 10.2 Å². The Morgan fingerprint density at radius 3 is 3.00 bits per heavy atom. The SMILES string of the molecule is NNc1nc(-c2cncc(Br)c2)nc2c1COCC2. The van der Waals surface area contributed by atoms with Gasteiger partial charge in [0.15, 0.2) is 5.82 Å². The number of hydrogen-bond acceptors (Lipinski definition) is 6. The number of halogens is 1. The minimum absolute atomic E-state index is 0.492. The molecule has 0 saturated carbocycles. The van der Waals surface area contributed by atoms with Crippen LogP contribution in [0.2, 0.25) is 0 Å². The summed E-state index contributed by atoms with van der Waals surface area (Å²) in [6.07, 6.45) is 4.21. The smallest absolute Gasteiger partial charge is 0.163 e. The summed E-state index contributed by atoms with van der Waals surface area (Å²) in [6, 6.07) is 1.92. The van der Waals surface area contributed by atoms with Crippen molar-refractivity contribution in [1.29, 1.82) is 0 Å². The molecule has 19 heavy (non-hydrogen) atoms. The molecule has 7 heteroatoms. The van der Waals surface area contributed by atoms with Gasteiger partial charge in [-0.3, -0.25) is 4.98 Å². The summed E-state index contributed by atoms with van der Waals surface area (Å²) >= 11 is 3.39. The molecule has 6 nitrogen and oxygen atoms in total. The third kappa shape index (κ3) is 2.44. The molecule has 0 aliphatic carbocycles. The maximum atomic E-state index is 5.53. The highest BCUT2D eigenvalue weighted by Gasteiger charge is 2.18. The van der Waals surface area contributed by atoms with Crippen molar-refractivity contribution in [2.45, 2.75) is 13.0 Å². The van der Waals surface area contributed by atoms with Crippen LogP contribution in [0, 0.1) is 0 Å². The van der Waals surface area contributed by atoms with Crippen molar-refractivity contribution in [2.24, 2.45) is 5.84 Å². The van der Waals surface area contributed by atoms with Crippen molar-refractivity contribution < 1.29 is 4.74 Å². The molecule has 0 unspecified atom stereocenters. The van der Waals surface area contributed by atoms with Gasteiger partial charge in [-0.15, -0.1) is 0 Å². The van der Waals surface area contributed by atoms with Crippen molar-refractivity contribution >= 4 is 21.7 Å². The van der Waals surface area contributed by atoms with Crippen molar-refractivity contribution in [3.05, 3.63) is 34.2 Å². The summed E-state index contributed by atoms with van der Waals surface area (Å²) in [6.45, 7) is 1.16. The number of aromatic nitrogens is 3. The number of fused-ring (bicyclic) bond motifs is 1. The first-order valence-corrected chi connectivity index (χ1v) is 6.62. The van der Waals surface area contributed by atoms with Gasteiger partial charge >= 0.3 is 0 Å². The zero-order valence-electron chi connectivity index (χ0n) is 10.1. The highest BCUT2D eigenvalue weighted by atomic mass is 79.9. The summed E-state index contributed by atoms with van der Waals surface area (Å²) in [5, 5.41) is 0. The van der Waals surface area contributed by atoms with E-state index in [1.165, 1.54) is 0 Å². The quantitative estimate of drug-likeness (QED) is 0.646. The van der Waals surface area contributed by atoms with E-state index in [1.54, 1.807) is 12.4 Å². The predicted octanol–water partition coefficient (Wildman–Crippen LogP) is 1.66. The fourth-order valence-electron chi connectivity index (χ4n) is 2.01. The first-order valence-electron chi connectivity index (χ1n) is 5.83. The van der Waals surface area contributed by atoms with E-state index < -0.39 is 0 Å². The first-order chi connectivity index (χ1) is 9.28. The van der Waals surface area contributed by atoms with Crippen LogP contribution in [0.25, 0.3) is 11.4 Å². The topological polar surface area (TPSA) is 86.0 Å². The Morgan fingerprint density at radius 2 is 2.21 bits per heavy atom. The Labute approximate surface area is 118 Å². The van der Waals surface area contributed by atoms with Crippen LogP contribution in [-0.2, 0) is 17.8 Å². The van der Waals surface area contributed by atoms with Crippen LogP contribution in [0.4, 0.5) is 5.82 Å². The van der Waals surface area contributed by atoms with E-state index in [4.69, 9.17) is 10.6 Å². The van der Waals surface area contributed by atoms with Crippen LogP contribution in [-0.4, -0.2) is 21.6 Å². The molecule has 0 amide bonds. The average molecular weight is 322 g/mol. The second-order valence-corrected chi connectivity index (χ2v) is 5.08. The molecular formula is C12H12BrN5O. The van der Waals surface area contributed by atoms with Gasteiger partial charge in [0.25, 0.3) is 0 Å². The monoisotopic (exact) mass is 321 g/mol. The molecule has 3 heterocycles. The largest absolute Gasteiger partial charge is 0.376 e. The van der Waals surface area contributed by atoms with Gasteiger partial charge in [0.2, 0.25) is 0 Å². The number of nitrogens with zero attached hydrogens (tertiary/aromatic N) is 3. The zero-order chi connectivity index (χ0) is 13.2. The molecule has 98 valence electrons. The summed E-state index contributed by atoms with van der Waals surface area (Å²) in [5.74, 6) is 6.75. The van der Waals surface area contributed by atoms with E-state index in [1.807, 2.05) is 6.07 Å². The second kappa shape index (κ2) is 5.20. The molecule has 0 atom stereocenters. The number of hydrogen-bond donors (Lipinski definition) is 2. The lowest BCUT2D eigenvalue weighted by molar-refractivity contribution is 0.109. The molecule has 0 aromatic carbocycles. The van der Waals surface area contributed by atoms with E-state index >= 15 is 0 Å². The molecule has 0 saturated heterocycles. The molecule has 3 N–H and O–H groups in total. The predicted molar refractivity (Wildman–Crippen MR) is 74.1 cm³/mol. The summed E-state index contributed by atoms with van der Waals surface area (Å²) in [4.78, 5) is 13.1. The molecule has 3 rings (SSSR count). The summed E-state index contributed by atoms with van der Waals surface area (Å²) in [7, 11) is 0. The minimum Gasteiger partial charge on any atom is -0.376 e. The molecular weight excluding hydrogens is 310 g/mol. The average Bonchev–Trinajstić information content (AvgIpc) is 2.46. The fraction of sp³-hybridized carbons (Fsp3) is 0.250. The number of hydrazine groups is 1. The van der Waals surface area contributed by atoms with Gasteiger partial charge in [-0.1, -0.05) is 0 Å². The number of pyridine rings is 1. The molecule has 2 aromatic rings. The van der Waals surface area contributed by atoms with Crippen molar-refractivity contribution in [3.63, 3.8) is 0 Å². The molecule has 1 aliphatic rings. The maximum Gasteiger partial charge on any atom is 0.163 e. The minimum atomic E-state index is 0.492. The summed E-state index contributed by atoms with van der Waals surface area (Å²) in [5.41, 5.74) is 5.37. The Morgan fingerprint density at radius 1 is 1.32 bits per heavy atom. The van der Waals surface area contributed by atoms with Gasteiger partial charge in [-0.05, 0) is 22.0 Å². The zero-order valence-corrected chi connectivity index (χ0v) is 11.6. The number of anilines is 1. The number of ether oxygens (including phenoxy) is 1. The molecule has 0 bridgehead atoms. The Hall–Kier alpha value is -1.57. The van der Waals surface area contributed by atoms with E-state index in [0.717, 1.165) is 27.7 Å². The Bertz CT molecular complexity index is 602. The van der Waals surface area contributed by atoms with Crippen molar-refractivity contribution in [1.82, 2.24) is 15.0 Å². The lowest BCUT2D eigenvalue weighted by Gasteiger charge is -2.19. The Balaban J connectivity index is 2.12. The second-order valence-electron chi connectivity index (χ2n) is 4.16. The number of nitrogen functional groups attached to an aromatic ring is 1. The number of nitrogens with one attached hydrogen (secondary N) is 1. The lowest BCUT2D eigenvalue weighted by Crippen LogP contribution is -2.19. The molecule has 0 radical (unpaired) electrons. The standard InChI is InChI=1S/C12H12BrN5O/c13-8-3-7(4-15-5-8)11-16-10-1-2-19-6-9(10)12(17-11)18-14/h3-5H,1-2,6,14H2,(H,16,17,18).